The molecule has 44 heavy (non-hydrogen) atoms. The Bertz CT molecular complexity index is 1500. The number of nitrogens with zero attached hydrogens (tertiary/aromatic N) is 1. The Morgan fingerprint density at radius 1 is 0.932 bits per heavy atom. The van der Waals surface area contributed by atoms with Gasteiger partial charge in [0.25, 0.3) is 0 Å². The third-order valence-electron chi connectivity index (χ3n) is 8.34. The Labute approximate surface area is 260 Å². The van der Waals surface area contributed by atoms with Gasteiger partial charge in [0, 0.05) is 53.8 Å². The van der Waals surface area contributed by atoms with E-state index in [1.807, 2.05) is 28.8 Å². The van der Waals surface area contributed by atoms with E-state index in [-0.39, 0.29) is 30.4 Å². The van der Waals surface area contributed by atoms with Gasteiger partial charge in [-0.3, -0.25) is 9.59 Å². The molecule has 5 rings (SSSR count). The number of unbranched alkanes of at least 4 members (excludes halogenated alkanes) is 5. The number of ether oxygens (including phenoxy) is 1. The van der Waals surface area contributed by atoms with Gasteiger partial charge in [0.1, 0.15) is 0 Å². The van der Waals surface area contributed by atoms with Gasteiger partial charge in [0.05, 0.1) is 25.0 Å². The summed E-state index contributed by atoms with van der Waals surface area (Å²) in [5.41, 5.74) is 0.432. The van der Waals surface area contributed by atoms with Gasteiger partial charge in [0.2, 0.25) is 11.7 Å². The summed E-state index contributed by atoms with van der Waals surface area (Å²) >= 11 is 1.89. The van der Waals surface area contributed by atoms with E-state index in [0.717, 1.165) is 61.5 Å². The standard InChI is InChI=1S/C32H41N3O8S/c36-25(10-5-4-9-24-28-23(20-44-24)33-32(40)34-28)35(15-6-2-1-3-11-26(37)38)16-7-8-17-41-31-29-22(14-18-42-29)19-21-12-13-27(39)43-30(21)31/h12-14,18-19,23-24,28H,1-11,15-17,20H2,(H,37,38)(H2,33,34,40). The van der Waals surface area contributed by atoms with Crippen molar-refractivity contribution in [1.29, 1.82) is 0 Å². The quantitative estimate of drug-likeness (QED) is 0.0971. The number of thioether (sulfide) groups is 1. The summed E-state index contributed by atoms with van der Waals surface area (Å²) in [6, 6.07) is 7.12. The molecule has 12 heteroatoms. The molecule has 3 N–H and O–H groups in total. The van der Waals surface area contributed by atoms with Crippen LogP contribution >= 0.6 is 11.8 Å². The maximum absolute atomic E-state index is 13.2. The summed E-state index contributed by atoms with van der Waals surface area (Å²) in [4.78, 5) is 49.5. The van der Waals surface area contributed by atoms with E-state index in [2.05, 4.69) is 10.6 Å². The van der Waals surface area contributed by atoms with Crippen LogP contribution in [0.5, 0.6) is 5.75 Å². The number of benzene rings is 1. The van der Waals surface area contributed by atoms with Crippen LogP contribution in [0.1, 0.15) is 70.6 Å². The van der Waals surface area contributed by atoms with E-state index in [1.54, 1.807) is 12.3 Å². The Balaban J connectivity index is 1.09. The Morgan fingerprint density at radius 3 is 2.55 bits per heavy atom. The Kier molecular flexibility index (Phi) is 11.1. The number of hydrogen-bond donors (Lipinski definition) is 3. The van der Waals surface area contributed by atoms with Crippen molar-refractivity contribution in [2.75, 3.05) is 25.4 Å². The van der Waals surface area contributed by atoms with Crippen LogP contribution < -0.4 is 21.0 Å². The number of urea groups is 1. The van der Waals surface area contributed by atoms with Crippen molar-refractivity contribution < 1.29 is 33.1 Å². The Hall–Kier alpha value is -3.67. The number of carboxylic acid groups (broad SMARTS) is 1. The lowest BCUT2D eigenvalue weighted by atomic mass is 10.0. The zero-order valence-corrected chi connectivity index (χ0v) is 25.7. The average Bonchev–Trinajstić information content (AvgIpc) is 3.71. The number of rotatable bonds is 18. The lowest BCUT2D eigenvalue weighted by Crippen LogP contribution is -2.36. The molecule has 4 heterocycles. The first-order valence-corrected chi connectivity index (χ1v) is 16.7. The first-order chi connectivity index (χ1) is 21.4. The van der Waals surface area contributed by atoms with Crippen molar-refractivity contribution in [2.45, 2.75) is 88.0 Å². The zero-order chi connectivity index (χ0) is 30.9. The summed E-state index contributed by atoms with van der Waals surface area (Å²) in [6.45, 7) is 1.63. The molecule has 2 aliphatic heterocycles. The van der Waals surface area contributed by atoms with Crippen molar-refractivity contribution in [3.8, 4) is 5.75 Å². The fourth-order valence-electron chi connectivity index (χ4n) is 6.03. The zero-order valence-electron chi connectivity index (χ0n) is 24.9. The second-order valence-corrected chi connectivity index (χ2v) is 12.9. The van der Waals surface area contributed by atoms with E-state index in [4.69, 9.17) is 18.7 Å². The molecule has 2 fully saturated rings. The van der Waals surface area contributed by atoms with Crippen LogP contribution in [0.2, 0.25) is 0 Å². The summed E-state index contributed by atoms with van der Waals surface area (Å²) in [5, 5.41) is 16.9. The number of carbonyl (C=O) groups is 3. The Morgan fingerprint density at radius 2 is 1.70 bits per heavy atom. The third-order valence-corrected chi connectivity index (χ3v) is 9.85. The number of hydrogen-bond acceptors (Lipinski definition) is 8. The summed E-state index contributed by atoms with van der Waals surface area (Å²) < 4.78 is 17.1. The smallest absolute Gasteiger partial charge is 0.336 e. The minimum Gasteiger partial charge on any atom is -0.486 e. The molecule has 0 radical (unpaired) electrons. The first-order valence-electron chi connectivity index (χ1n) is 15.6. The molecule has 238 valence electrons. The molecule has 3 atom stereocenters. The number of furan rings is 1. The average molecular weight is 628 g/mol. The molecule has 3 unspecified atom stereocenters. The minimum atomic E-state index is -0.777. The van der Waals surface area contributed by atoms with Crippen LogP contribution in [0.4, 0.5) is 4.79 Å². The monoisotopic (exact) mass is 627 g/mol. The minimum absolute atomic E-state index is 0.0811. The van der Waals surface area contributed by atoms with E-state index in [9.17, 15) is 19.2 Å². The number of carbonyl (C=O) groups excluding carboxylic acids is 2. The molecule has 3 amide bonds. The molecule has 0 bridgehead atoms. The van der Waals surface area contributed by atoms with E-state index in [1.165, 1.54) is 6.07 Å². The fraction of sp³-hybridized carbons (Fsp3) is 0.562. The van der Waals surface area contributed by atoms with Crippen LogP contribution in [0.25, 0.3) is 21.9 Å². The highest BCUT2D eigenvalue weighted by Crippen LogP contribution is 2.35. The molecular formula is C32H41N3O8S. The van der Waals surface area contributed by atoms with Crippen molar-refractivity contribution in [2.24, 2.45) is 0 Å². The first kappa shape index (κ1) is 31.7. The molecule has 0 saturated carbocycles. The maximum Gasteiger partial charge on any atom is 0.336 e. The molecule has 0 spiro atoms. The summed E-state index contributed by atoms with van der Waals surface area (Å²) in [7, 11) is 0. The maximum atomic E-state index is 13.2. The van der Waals surface area contributed by atoms with Gasteiger partial charge in [-0.15, -0.1) is 0 Å². The molecule has 2 aliphatic rings. The number of aliphatic carboxylic acids is 1. The summed E-state index contributed by atoms with van der Waals surface area (Å²) in [5.74, 6) is 0.699. The van der Waals surface area contributed by atoms with Crippen LogP contribution in [0.15, 0.2) is 44.2 Å². The van der Waals surface area contributed by atoms with Gasteiger partial charge in [-0.05, 0) is 56.7 Å². The van der Waals surface area contributed by atoms with Crippen molar-refractivity contribution in [1.82, 2.24) is 15.5 Å². The number of carboxylic acids is 1. The highest BCUT2D eigenvalue weighted by molar-refractivity contribution is 8.00. The molecule has 1 aromatic carbocycles. The van der Waals surface area contributed by atoms with E-state index < -0.39 is 11.6 Å². The van der Waals surface area contributed by atoms with Gasteiger partial charge in [-0.1, -0.05) is 19.3 Å². The largest absolute Gasteiger partial charge is 0.486 e. The van der Waals surface area contributed by atoms with E-state index >= 15 is 0 Å². The molecular weight excluding hydrogens is 586 g/mol. The normalized spacial score (nSPS) is 19.2. The molecule has 11 nitrogen and oxygen atoms in total. The second kappa shape index (κ2) is 15.4. The summed E-state index contributed by atoms with van der Waals surface area (Å²) in [6.07, 6.45) is 9.58. The lowest BCUT2D eigenvalue weighted by molar-refractivity contribution is -0.137. The van der Waals surface area contributed by atoms with Crippen LogP contribution in [0.3, 0.4) is 0 Å². The van der Waals surface area contributed by atoms with Gasteiger partial charge in [-0.2, -0.15) is 11.8 Å². The molecule has 3 aromatic rings. The third kappa shape index (κ3) is 8.28. The molecule has 2 saturated heterocycles. The highest BCUT2D eigenvalue weighted by atomic mass is 32.2. The number of amides is 3. The van der Waals surface area contributed by atoms with Crippen LogP contribution in [-0.2, 0) is 9.59 Å². The number of fused-ring (bicyclic) bond motifs is 3. The van der Waals surface area contributed by atoms with Crippen molar-refractivity contribution >= 4 is 51.6 Å². The lowest BCUT2D eigenvalue weighted by Gasteiger charge is -2.23. The van der Waals surface area contributed by atoms with Gasteiger partial charge in [-0.25, -0.2) is 9.59 Å². The highest BCUT2D eigenvalue weighted by Gasteiger charge is 2.42. The number of nitrogens with one attached hydrogen (secondary N) is 2. The predicted octanol–water partition coefficient (Wildman–Crippen LogP) is 5.29. The van der Waals surface area contributed by atoms with Crippen LogP contribution in [-0.4, -0.2) is 70.7 Å². The molecule has 2 aromatic heterocycles. The second-order valence-electron chi connectivity index (χ2n) is 11.6. The topological polar surface area (TPSA) is 151 Å². The predicted molar refractivity (Wildman–Crippen MR) is 168 cm³/mol. The van der Waals surface area contributed by atoms with Crippen molar-refractivity contribution in [3.63, 3.8) is 0 Å². The van der Waals surface area contributed by atoms with Gasteiger partial charge in [0.15, 0.2) is 11.2 Å². The van der Waals surface area contributed by atoms with Crippen LogP contribution in [0, 0.1) is 0 Å². The van der Waals surface area contributed by atoms with E-state index in [0.29, 0.717) is 61.1 Å². The van der Waals surface area contributed by atoms with Crippen molar-refractivity contribution in [3.05, 3.63) is 40.9 Å². The fourth-order valence-corrected chi connectivity index (χ4v) is 7.58. The SMILES string of the molecule is O=C(O)CCCCCCN(CCCCOc1c2occc2cc2ccc(=O)oc12)C(=O)CCCCC1SCC2NC(=O)NC21. The van der Waals surface area contributed by atoms with Gasteiger partial charge < -0.3 is 34.2 Å². The van der Waals surface area contributed by atoms with Gasteiger partial charge >= 0.3 is 17.6 Å². The molecule has 0 aliphatic carbocycles.